The molecular weight excluding hydrogens is 286 g/mol. The van der Waals surface area contributed by atoms with Crippen LogP contribution in [0.4, 0.5) is 5.88 Å². The standard InChI is InChI=1S/C12H8ClN3O4/c13-10-4-2-1-3-9(10)12(17)15-14-7-8-5-6-11(20-8)16(18)19/h1-7H,(H,15,17)/b14-7+. The van der Waals surface area contributed by atoms with Crippen LogP contribution < -0.4 is 5.43 Å². The predicted octanol–water partition coefficient (Wildman–Crippen LogP) is 2.61. The number of hydrazone groups is 1. The minimum Gasteiger partial charge on any atom is -0.400 e. The number of rotatable bonds is 4. The van der Waals surface area contributed by atoms with E-state index in [2.05, 4.69) is 10.5 Å². The zero-order valence-corrected chi connectivity index (χ0v) is 10.7. The second-order valence-electron chi connectivity index (χ2n) is 3.61. The number of carbonyl (C=O) groups is 1. The number of nitrogens with zero attached hydrogens (tertiary/aromatic N) is 2. The minimum atomic E-state index is -0.667. The average Bonchev–Trinajstić information content (AvgIpc) is 2.88. The van der Waals surface area contributed by atoms with Crippen molar-refractivity contribution in [3.63, 3.8) is 0 Å². The van der Waals surface area contributed by atoms with Crippen LogP contribution in [0.3, 0.4) is 0 Å². The van der Waals surface area contributed by atoms with E-state index >= 15 is 0 Å². The number of benzene rings is 1. The lowest BCUT2D eigenvalue weighted by atomic mass is 10.2. The molecule has 0 radical (unpaired) electrons. The quantitative estimate of drug-likeness (QED) is 0.532. The van der Waals surface area contributed by atoms with Gasteiger partial charge in [-0.05, 0) is 18.2 Å². The summed E-state index contributed by atoms with van der Waals surface area (Å²) >= 11 is 5.85. The van der Waals surface area contributed by atoms with Crippen molar-refractivity contribution >= 4 is 29.6 Å². The topological polar surface area (TPSA) is 97.7 Å². The van der Waals surface area contributed by atoms with Gasteiger partial charge in [-0.15, -0.1) is 0 Å². The Kier molecular flexibility index (Phi) is 4.11. The highest BCUT2D eigenvalue weighted by molar-refractivity contribution is 6.33. The van der Waals surface area contributed by atoms with Gasteiger partial charge in [0, 0.05) is 0 Å². The SMILES string of the molecule is O=C(N/N=C/c1ccc([N+](=O)[O-])o1)c1ccccc1Cl. The van der Waals surface area contributed by atoms with Gasteiger partial charge in [0.25, 0.3) is 5.91 Å². The zero-order valence-electron chi connectivity index (χ0n) is 9.95. The average molecular weight is 294 g/mol. The van der Waals surface area contributed by atoms with Gasteiger partial charge in [-0.1, -0.05) is 23.7 Å². The van der Waals surface area contributed by atoms with Crippen molar-refractivity contribution in [3.8, 4) is 0 Å². The summed E-state index contributed by atoms with van der Waals surface area (Å²) in [6.45, 7) is 0. The van der Waals surface area contributed by atoms with Crippen molar-refractivity contribution in [2.24, 2.45) is 5.10 Å². The fraction of sp³-hybridized carbons (Fsp3) is 0. The highest BCUT2D eigenvalue weighted by Crippen LogP contribution is 2.15. The van der Waals surface area contributed by atoms with Crippen LogP contribution >= 0.6 is 11.6 Å². The summed E-state index contributed by atoms with van der Waals surface area (Å²) in [6, 6.07) is 9.05. The molecule has 0 saturated carbocycles. The molecule has 0 fully saturated rings. The van der Waals surface area contributed by atoms with Gasteiger partial charge < -0.3 is 4.42 Å². The van der Waals surface area contributed by atoms with Crippen molar-refractivity contribution in [3.05, 3.63) is 62.9 Å². The molecule has 8 heteroatoms. The number of nitro groups is 1. The Labute approximate surface area is 118 Å². The van der Waals surface area contributed by atoms with Gasteiger partial charge in [0.15, 0.2) is 5.76 Å². The normalized spacial score (nSPS) is 10.7. The molecular formula is C12H8ClN3O4. The van der Waals surface area contributed by atoms with E-state index in [0.717, 1.165) is 6.21 Å². The Morgan fingerprint density at radius 2 is 2.10 bits per heavy atom. The van der Waals surface area contributed by atoms with Crippen molar-refractivity contribution < 1.29 is 14.1 Å². The van der Waals surface area contributed by atoms with Crippen LogP contribution in [0.2, 0.25) is 5.02 Å². The van der Waals surface area contributed by atoms with E-state index in [9.17, 15) is 14.9 Å². The maximum atomic E-state index is 11.7. The summed E-state index contributed by atoms with van der Waals surface area (Å²) in [5.74, 6) is -0.743. The fourth-order valence-corrected chi connectivity index (χ4v) is 1.59. The number of hydrogen-bond donors (Lipinski definition) is 1. The fourth-order valence-electron chi connectivity index (χ4n) is 1.37. The van der Waals surface area contributed by atoms with Crippen molar-refractivity contribution in [2.45, 2.75) is 0 Å². The first-order valence-corrected chi connectivity index (χ1v) is 5.78. The maximum absolute atomic E-state index is 11.7. The number of amides is 1. The van der Waals surface area contributed by atoms with Crippen LogP contribution in [-0.2, 0) is 0 Å². The molecule has 2 rings (SSSR count). The number of furan rings is 1. The molecule has 0 spiro atoms. The lowest BCUT2D eigenvalue weighted by Gasteiger charge is -2.00. The van der Waals surface area contributed by atoms with Crippen molar-refractivity contribution in [2.75, 3.05) is 0 Å². The van der Waals surface area contributed by atoms with Gasteiger partial charge >= 0.3 is 5.88 Å². The Hall–Kier alpha value is -2.67. The monoisotopic (exact) mass is 293 g/mol. The molecule has 1 aromatic carbocycles. The minimum absolute atomic E-state index is 0.149. The van der Waals surface area contributed by atoms with E-state index in [0.29, 0.717) is 5.02 Å². The number of carbonyl (C=O) groups excluding carboxylic acids is 1. The molecule has 0 atom stereocenters. The Morgan fingerprint density at radius 3 is 2.75 bits per heavy atom. The summed E-state index contributed by atoms with van der Waals surface area (Å²) in [4.78, 5) is 21.5. The first kappa shape index (κ1) is 13.8. The van der Waals surface area contributed by atoms with Gasteiger partial charge in [0.05, 0.1) is 22.9 Å². The van der Waals surface area contributed by atoms with Crippen LogP contribution in [0.25, 0.3) is 0 Å². The van der Waals surface area contributed by atoms with E-state index in [1.54, 1.807) is 24.3 Å². The van der Waals surface area contributed by atoms with E-state index in [1.165, 1.54) is 12.1 Å². The van der Waals surface area contributed by atoms with Crippen LogP contribution in [0, 0.1) is 10.1 Å². The first-order chi connectivity index (χ1) is 9.58. The zero-order chi connectivity index (χ0) is 14.5. The van der Waals surface area contributed by atoms with Gasteiger partial charge in [-0.2, -0.15) is 5.10 Å². The molecule has 1 heterocycles. The third kappa shape index (κ3) is 3.21. The molecule has 20 heavy (non-hydrogen) atoms. The van der Waals surface area contributed by atoms with Crippen LogP contribution in [0.1, 0.15) is 16.1 Å². The summed E-state index contributed by atoms with van der Waals surface area (Å²) in [6.07, 6.45) is 1.15. The van der Waals surface area contributed by atoms with E-state index < -0.39 is 16.7 Å². The van der Waals surface area contributed by atoms with E-state index in [1.807, 2.05) is 0 Å². The molecule has 7 nitrogen and oxygen atoms in total. The van der Waals surface area contributed by atoms with Gasteiger partial charge in [-0.25, -0.2) is 5.43 Å². The predicted molar refractivity (Wildman–Crippen MR) is 71.9 cm³/mol. The lowest BCUT2D eigenvalue weighted by Crippen LogP contribution is -2.17. The molecule has 0 saturated heterocycles. The van der Waals surface area contributed by atoms with Gasteiger partial charge in [0.2, 0.25) is 0 Å². The Bertz CT molecular complexity index is 681. The maximum Gasteiger partial charge on any atom is 0.433 e. The van der Waals surface area contributed by atoms with Crippen LogP contribution in [0.5, 0.6) is 0 Å². The summed E-state index contributed by atoms with van der Waals surface area (Å²) in [7, 11) is 0. The second kappa shape index (κ2) is 5.98. The highest BCUT2D eigenvalue weighted by atomic mass is 35.5. The summed E-state index contributed by atoms with van der Waals surface area (Å²) in [5.41, 5.74) is 2.52. The number of hydrogen-bond acceptors (Lipinski definition) is 5. The molecule has 0 aliphatic rings. The summed E-state index contributed by atoms with van der Waals surface area (Å²) < 4.78 is 4.83. The molecule has 1 aromatic heterocycles. The third-order valence-electron chi connectivity index (χ3n) is 2.27. The van der Waals surface area contributed by atoms with Gasteiger partial charge in [-0.3, -0.25) is 14.9 Å². The molecule has 2 aromatic rings. The Morgan fingerprint density at radius 1 is 1.35 bits per heavy atom. The van der Waals surface area contributed by atoms with Gasteiger partial charge in [0.1, 0.15) is 4.92 Å². The lowest BCUT2D eigenvalue weighted by molar-refractivity contribution is -0.402. The van der Waals surface area contributed by atoms with E-state index in [-0.39, 0.29) is 11.3 Å². The molecule has 0 aliphatic carbocycles. The second-order valence-corrected chi connectivity index (χ2v) is 4.02. The molecule has 1 amide bonds. The molecule has 102 valence electrons. The largest absolute Gasteiger partial charge is 0.433 e. The molecule has 1 N–H and O–H groups in total. The molecule has 0 aliphatic heterocycles. The number of halogens is 1. The van der Waals surface area contributed by atoms with Crippen LogP contribution in [0.15, 0.2) is 45.9 Å². The third-order valence-corrected chi connectivity index (χ3v) is 2.60. The molecule has 0 unspecified atom stereocenters. The molecule has 0 bridgehead atoms. The number of nitrogens with one attached hydrogen (secondary N) is 1. The first-order valence-electron chi connectivity index (χ1n) is 5.40. The highest BCUT2D eigenvalue weighted by Gasteiger charge is 2.11. The smallest absolute Gasteiger partial charge is 0.400 e. The van der Waals surface area contributed by atoms with Crippen molar-refractivity contribution in [1.82, 2.24) is 5.43 Å². The Balaban J connectivity index is 2.01. The van der Waals surface area contributed by atoms with Crippen molar-refractivity contribution in [1.29, 1.82) is 0 Å². The summed E-state index contributed by atoms with van der Waals surface area (Å²) in [5, 5.41) is 14.3. The van der Waals surface area contributed by atoms with E-state index in [4.69, 9.17) is 16.0 Å². The van der Waals surface area contributed by atoms with Crippen LogP contribution in [-0.4, -0.2) is 17.0 Å².